The average Bonchev–Trinajstić information content (AvgIpc) is 3.36. The number of carbonyl (C=O) groups is 5. The SMILES string of the molecule is C=C/C(OC)=C(\CCC)NC(=O)C(=O)N1CC2(CC2)C[C@H]1C(=O)N[C@@H](C[C@@H]1CCNC1=O)C(=O)COC(F)(F)F. The third-order valence-corrected chi connectivity index (χ3v) is 7.46. The number of ether oxygens (including phenoxy) is 2. The number of alkyl halides is 3. The first-order valence-electron chi connectivity index (χ1n) is 13.2. The summed E-state index contributed by atoms with van der Waals surface area (Å²) in [4.78, 5) is 65.5. The lowest BCUT2D eigenvalue weighted by Gasteiger charge is -2.27. The largest absolute Gasteiger partial charge is 0.522 e. The van der Waals surface area contributed by atoms with Crippen LogP contribution in [0.1, 0.15) is 51.9 Å². The van der Waals surface area contributed by atoms with E-state index in [9.17, 15) is 37.1 Å². The molecule has 2 heterocycles. The molecule has 0 aromatic carbocycles. The van der Waals surface area contributed by atoms with Gasteiger partial charge in [0.05, 0.1) is 18.8 Å². The van der Waals surface area contributed by atoms with Crippen LogP contribution < -0.4 is 16.0 Å². The Hall–Kier alpha value is -3.42. The molecule has 0 unspecified atom stereocenters. The van der Waals surface area contributed by atoms with Crippen LogP contribution in [-0.4, -0.2) is 79.6 Å². The molecule has 2 aliphatic heterocycles. The van der Waals surface area contributed by atoms with Gasteiger partial charge in [-0.05, 0) is 50.0 Å². The summed E-state index contributed by atoms with van der Waals surface area (Å²) < 4.78 is 46.6. The maximum absolute atomic E-state index is 13.4. The normalized spacial score (nSPS) is 22.7. The van der Waals surface area contributed by atoms with Gasteiger partial charge in [0.25, 0.3) is 0 Å². The van der Waals surface area contributed by atoms with Gasteiger partial charge < -0.3 is 25.6 Å². The second-order valence-corrected chi connectivity index (χ2v) is 10.4. The predicted octanol–water partition coefficient (Wildman–Crippen LogP) is 1.44. The lowest BCUT2D eigenvalue weighted by atomic mass is 9.95. The smallest absolute Gasteiger partial charge is 0.495 e. The van der Waals surface area contributed by atoms with Crippen molar-refractivity contribution < 1.29 is 46.6 Å². The lowest BCUT2D eigenvalue weighted by molar-refractivity contribution is -0.321. The molecule has 222 valence electrons. The Morgan fingerprint density at radius 3 is 2.50 bits per heavy atom. The number of allylic oxidation sites excluding steroid dienone is 2. The monoisotopic (exact) mass is 572 g/mol. The molecule has 40 heavy (non-hydrogen) atoms. The number of Topliss-reactive ketones (excluding diaryl/α,β-unsaturated/α-hetero) is 1. The van der Waals surface area contributed by atoms with E-state index in [2.05, 4.69) is 27.3 Å². The summed E-state index contributed by atoms with van der Waals surface area (Å²) in [5.74, 6) is -4.57. The van der Waals surface area contributed by atoms with Crippen LogP contribution >= 0.6 is 0 Å². The third-order valence-electron chi connectivity index (χ3n) is 7.46. The molecule has 3 N–H and O–H groups in total. The van der Waals surface area contributed by atoms with Crippen LogP contribution in [0.4, 0.5) is 13.2 Å². The summed E-state index contributed by atoms with van der Waals surface area (Å²) >= 11 is 0. The Balaban J connectivity index is 1.77. The van der Waals surface area contributed by atoms with Gasteiger partial charge in [-0.15, -0.1) is 13.2 Å². The van der Waals surface area contributed by atoms with Gasteiger partial charge in [-0.3, -0.25) is 28.7 Å². The first-order chi connectivity index (χ1) is 18.8. The highest BCUT2D eigenvalue weighted by Gasteiger charge is 2.56. The van der Waals surface area contributed by atoms with Crippen LogP contribution in [0.15, 0.2) is 24.1 Å². The molecule has 3 rings (SSSR count). The molecule has 14 heteroatoms. The number of ketones is 1. The quantitative estimate of drug-likeness (QED) is 0.183. The van der Waals surface area contributed by atoms with Crippen molar-refractivity contribution in [3.05, 3.63) is 24.1 Å². The Kier molecular flexibility index (Phi) is 9.98. The van der Waals surface area contributed by atoms with E-state index in [1.165, 1.54) is 13.2 Å². The first kappa shape index (κ1) is 31.1. The fraction of sp³-hybridized carbons (Fsp3) is 0.654. The van der Waals surface area contributed by atoms with Gasteiger partial charge in [0, 0.05) is 19.0 Å². The summed E-state index contributed by atoms with van der Waals surface area (Å²) in [6.45, 7) is 4.63. The number of rotatable bonds is 12. The molecule has 3 fully saturated rings. The fourth-order valence-corrected chi connectivity index (χ4v) is 5.14. The number of nitrogens with zero attached hydrogens (tertiary/aromatic N) is 1. The van der Waals surface area contributed by atoms with Crippen LogP contribution in [0.2, 0.25) is 0 Å². The van der Waals surface area contributed by atoms with E-state index in [0.717, 1.165) is 17.7 Å². The number of hydrogen-bond donors (Lipinski definition) is 3. The van der Waals surface area contributed by atoms with Crippen LogP contribution in [0.5, 0.6) is 0 Å². The zero-order valence-electron chi connectivity index (χ0n) is 22.5. The van der Waals surface area contributed by atoms with E-state index in [0.29, 0.717) is 31.5 Å². The van der Waals surface area contributed by atoms with E-state index in [1.807, 2.05) is 6.92 Å². The standard InChI is InChI=1S/C26H35F3N4O7/c1-4-6-16(20(5-2)39-3)31-23(37)24(38)33-14-25(8-9-25)12-18(33)22(36)32-17(11-15-7-10-30-21(15)35)19(34)13-40-26(27,28)29/h5,15,17-18H,2,4,6-14H2,1,3H3,(H,30,35)(H,31,37)(H,32,36)/b20-16-/t15-,17-,18-/m0/s1. The van der Waals surface area contributed by atoms with Gasteiger partial charge >= 0.3 is 18.2 Å². The summed E-state index contributed by atoms with van der Waals surface area (Å²) in [5.41, 5.74) is 0.00755. The Morgan fingerprint density at radius 2 is 1.98 bits per heavy atom. The summed E-state index contributed by atoms with van der Waals surface area (Å²) in [7, 11) is 1.39. The van der Waals surface area contributed by atoms with Gasteiger partial charge in [-0.25, -0.2) is 0 Å². The maximum atomic E-state index is 13.4. The highest BCUT2D eigenvalue weighted by Crippen LogP contribution is 2.54. The number of amides is 4. The van der Waals surface area contributed by atoms with Crippen molar-refractivity contribution in [2.75, 3.05) is 26.8 Å². The second-order valence-electron chi connectivity index (χ2n) is 10.4. The minimum absolute atomic E-state index is 0.142. The Labute approximate surface area is 229 Å². The number of halogens is 3. The number of hydrogen-bond acceptors (Lipinski definition) is 7. The van der Waals surface area contributed by atoms with Gasteiger partial charge in [0.1, 0.15) is 18.4 Å². The molecule has 1 saturated carbocycles. The number of methoxy groups -OCH3 is 1. The molecule has 4 amide bonds. The second kappa shape index (κ2) is 12.8. The minimum atomic E-state index is -5.06. The van der Waals surface area contributed by atoms with Crippen LogP contribution in [0, 0.1) is 11.3 Å². The molecule has 1 aliphatic carbocycles. The van der Waals surface area contributed by atoms with Crippen LogP contribution in [0.25, 0.3) is 0 Å². The van der Waals surface area contributed by atoms with E-state index >= 15 is 0 Å². The van der Waals surface area contributed by atoms with E-state index in [-0.39, 0.29) is 36.5 Å². The number of carbonyl (C=O) groups excluding carboxylic acids is 5. The topological polar surface area (TPSA) is 143 Å². The predicted molar refractivity (Wildman–Crippen MR) is 134 cm³/mol. The van der Waals surface area contributed by atoms with Gasteiger partial charge in [-0.1, -0.05) is 19.9 Å². The highest BCUT2D eigenvalue weighted by molar-refractivity contribution is 6.36. The summed E-state index contributed by atoms with van der Waals surface area (Å²) in [5, 5.41) is 7.57. The van der Waals surface area contributed by atoms with Crippen molar-refractivity contribution in [3.63, 3.8) is 0 Å². The zero-order chi connectivity index (χ0) is 29.7. The van der Waals surface area contributed by atoms with Gasteiger partial charge in [0.2, 0.25) is 11.8 Å². The highest BCUT2D eigenvalue weighted by atomic mass is 19.4. The van der Waals surface area contributed by atoms with Crippen molar-refractivity contribution in [1.82, 2.24) is 20.9 Å². The first-order valence-corrected chi connectivity index (χ1v) is 13.2. The molecule has 3 aliphatic rings. The fourth-order valence-electron chi connectivity index (χ4n) is 5.14. The Morgan fingerprint density at radius 1 is 1.27 bits per heavy atom. The molecule has 1 spiro atoms. The maximum Gasteiger partial charge on any atom is 0.522 e. The molecular formula is C26H35F3N4O7. The van der Waals surface area contributed by atoms with Crippen LogP contribution in [0.3, 0.4) is 0 Å². The Bertz CT molecular complexity index is 1070. The zero-order valence-corrected chi connectivity index (χ0v) is 22.5. The average molecular weight is 573 g/mol. The number of nitrogens with one attached hydrogen (secondary N) is 3. The van der Waals surface area contributed by atoms with E-state index < -0.39 is 54.5 Å². The molecule has 0 bridgehead atoms. The lowest BCUT2D eigenvalue weighted by Crippen LogP contribution is -2.54. The molecule has 3 atom stereocenters. The molecule has 0 aromatic heterocycles. The molecule has 0 aromatic rings. The van der Waals surface area contributed by atoms with Crippen molar-refractivity contribution >= 4 is 29.4 Å². The van der Waals surface area contributed by atoms with Crippen molar-refractivity contribution in [3.8, 4) is 0 Å². The van der Waals surface area contributed by atoms with Gasteiger partial charge in [0.15, 0.2) is 5.78 Å². The van der Waals surface area contributed by atoms with Crippen LogP contribution in [-0.2, 0) is 33.4 Å². The van der Waals surface area contributed by atoms with E-state index in [4.69, 9.17) is 4.74 Å². The third kappa shape index (κ3) is 7.83. The molecule has 2 saturated heterocycles. The molecule has 11 nitrogen and oxygen atoms in total. The van der Waals surface area contributed by atoms with Crippen molar-refractivity contribution in [1.29, 1.82) is 0 Å². The summed E-state index contributed by atoms with van der Waals surface area (Å²) in [6, 6.07) is -2.59. The summed E-state index contributed by atoms with van der Waals surface area (Å²) in [6.07, 6.45) is -0.825. The van der Waals surface area contributed by atoms with Crippen molar-refractivity contribution in [2.24, 2.45) is 11.3 Å². The van der Waals surface area contributed by atoms with Gasteiger partial charge in [-0.2, -0.15) is 0 Å². The van der Waals surface area contributed by atoms with Crippen molar-refractivity contribution in [2.45, 2.75) is 70.3 Å². The molecular weight excluding hydrogens is 537 g/mol. The minimum Gasteiger partial charge on any atom is -0.495 e. The van der Waals surface area contributed by atoms with E-state index in [1.54, 1.807) is 0 Å². The molecule has 0 radical (unpaired) electrons. The number of likely N-dealkylation sites (tertiary alicyclic amines) is 1.